The summed E-state index contributed by atoms with van der Waals surface area (Å²) < 4.78 is 0. The van der Waals surface area contributed by atoms with Gasteiger partial charge in [-0.05, 0) is 93.9 Å². The second-order valence-electron chi connectivity index (χ2n) is 13.8. The van der Waals surface area contributed by atoms with E-state index in [4.69, 9.17) is 0 Å². The minimum absolute atomic E-state index is 0.0724. The van der Waals surface area contributed by atoms with Gasteiger partial charge >= 0.3 is 0 Å². The van der Waals surface area contributed by atoms with Gasteiger partial charge in [0.2, 0.25) is 0 Å². The molecule has 0 N–H and O–H groups in total. The van der Waals surface area contributed by atoms with Crippen LogP contribution in [-0.4, -0.2) is 0 Å². The van der Waals surface area contributed by atoms with Crippen LogP contribution in [0.15, 0.2) is 78.9 Å². The number of fused-ring (bicyclic) bond motifs is 7. The van der Waals surface area contributed by atoms with Gasteiger partial charge in [0.1, 0.15) is 0 Å². The molecule has 0 heteroatoms. The van der Waals surface area contributed by atoms with Crippen molar-refractivity contribution >= 4 is 32.3 Å². The summed E-state index contributed by atoms with van der Waals surface area (Å²) in [5.74, 6) is 0. The topological polar surface area (TPSA) is 0 Å². The molecule has 0 aliphatic heterocycles. The number of hydrogen-bond donors (Lipinski definition) is 0. The third-order valence-electron chi connectivity index (χ3n) is 9.89. The van der Waals surface area contributed by atoms with Gasteiger partial charge in [0.15, 0.2) is 0 Å². The molecule has 6 aromatic rings. The third kappa shape index (κ3) is 2.48. The van der Waals surface area contributed by atoms with Crippen LogP contribution < -0.4 is 0 Å². The number of benzene rings is 6. The Kier molecular flexibility index (Phi) is 3.92. The highest BCUT2D eigenvalue weighted by atomic mass is 14.5. The molecule has 0 radical (unpaired) electrons. The van der Waals surface area contributed by atoms with Crippen molar-refractivity contribution < 1.29 is 0 Å². The van der Waals surface area contributed by atoms with Crippen molar-refractivity contribution in [1.29, 1.82) is 0 Å². The van der Waals surface area contributed by atoms with E-state index < -0.39 is 0 Å². The summed E-state index contributed by atoms with van der Waals surface area (Å²) in [5, 5.41) is 8.51. The van der Waals surface area contributed by atoms with E-state index in [1.165, 1.54) is 82.4 Å². The first-order chi connectivity index (χ1) is 18.0. The van der Waals surface area contributed by atoms with Crippen molar-refractivity contribution in [3.63, 3.8) is 0 Å². The Morgan fingerprint density at radius 1 is 0.526 bits per heavy atom. The van der Waals surface area contributed by atoms with Crippen LogP contribution in [0.3, 0.4) is 0 Å². The molecule has 0 saturated heterocycles. The van der Waals surface area contributed by atoms with Crippen LogP contribution in [0.1, 0.15) is 76.3 Å². The molecular formula is C38H34. The SMILES string of the molecule is CC(C)(C)c1cc2ccc3c4c(c5c6c(cc(c1)c2c36)C(C)(C)c1ccccc1-5)C(C)(C)c1ccccc1-4. The molecule has 0 saturated carbocycles. The first-order valence-electron chi connectivity index (χ1n) is 14.0. The smallest absolute Gasteiger partial charge is 0.0165 e. The molecule has 186 valence electrons. The van der Waals surface area contributed by atoms with Gasteiger partial charge in [0.25, 0.3) is 0 Å². The fourth-order valence-electron chi connectivity index (χ4n) is 7.96. The fraction of sp³-hybridized carbons (Fsp3) is 0.263. The van der Waals surface area contributed by atoms with Crippen molar-refractivity contribution in [2.45, 2.75) is 64.7 Å². The monoisotopic (exact) mass is 490 g/mol. The van der Waals surface area contributed by atoms with E-state index in [0.717, 1.165) is 0 Å². The maximum atomic E-state index is 2.54. The van der Waals surface area contributed by atoms with Crippen LogP contribution in [0, 0.1) is 0 Å². The highest BCUT2D eigenvalue weighted by Gasteiger charge is 2.44. The molecule has 0 unspecified atom stereocenters. The average Bonchev–Trinajstić information content (AvgIpc) is 3.12. The van der Waals surface area contributed by atoms with Crippen LogP contribution in [0.25, 0.3) is 54.6 Å². The van der Waals surface area contributed by atoms with E-state index >= 15 is 0 Å². The standard InChI is InChI=1S/C38H34/c1-36(2,3)23-18-21-16-17-26-31-24-12-8-11-15-28(24)38(6,7)35(31)33-25-13-9-10-14-27(25)37(4,5)29-20-22(19-23)30(21)32(26)34(29)33/h8-20H,1-7H3. The summed E-state index contributed by atoms with van der Waals surface area (Å²) in [5.41, 5.74) is 12.9. The van der Waals surface area contributed by atoms with Crippen molar-refractivity contribution in [2.75, 3.05) is 0 Å². The minimum atomic E-state index is -0.0854. The lowest BCUT2D eigenvalue weighted by molar-refractivity contribution is 0.591. The second kappa shape index (κ2) is 6.67. The van der Waals surface area contributed by atoms with Gasteiger partial charge < -0.3 is 0 Å². The Hall–Kier alpha value is -3.64. The predicted molar refractivity (Wildman–Crippen MR) is 164 cm³/mol. The molecule has 0 spiro atoms. The summed E-state index contributed by atoms with van der Waals surface area (Å²) in [4.78, 5) is 0. The average molecular weight is 491 g/mol. The van der Waals surface area contributed by atoms with Crippen LogP contribution in [0.2, 0.25) is 0 Å². The third-order valence-corrected chi connectivity index (χ3v) is 9.89. The zero-order chi connectivity index (χ0) is 26.4. The lowest BCUT2D eigenvalue weighted by atomic mass is 9.64. The first kappa shape index (κ1) is 22.4. The first-order valence-corrected chi connectivity index (χ1v) is 14.0. The van der Waals surface area contributed by atoms with Gasteiger partial charge in [-0.25, -0.2) is 0 Å². The van der Waals surface area contributed by atoms with E-state index in [1.807, 2.05) is 0 Å². The lowest BCUT2D eigenvalue weighted by Crippen LogP contribution is -2.26. The summed E-state index contributed by atoms with van der Waals surface area (Å²) in [6.45, 7) is 16.7. The van der Waals surface area contributed by atoms with E-state index in [0.29, 0.717) is 0 Å². The molecule has 0 heterocycles. The van der Waals surface area contributed by atoms with Crippen molar-refractivity contribution in [3.8, 4) is 22.3 Å². The van der Waals surface area contributed by atoms with Crippen molar-refractivity contribution in [2.24, 2.45) is 0 Å². The zero-order valence-corrected chi connectivity index (χ0v) is 23.5. The van der Waals surface area contributed by atoms with E-state index in [1.54, 1.807) is 0 Å². The molecule has 0 aromatic heterocycles. The maximum Gasteiger partial charge on any atom is 0.0165 e. The van der Waals surface area contributed by atoms with Crippen LogP contribution in [0.5, 0.6) is 0 Å². The highest BCUT2D eigenvalue weighted by molar-refractivity contribution is 6.31. The van der Waals surface area contributed by atoms with Gasteiger partial charge in [0, 0.05) is 10.8 Å². The van der Waals surface area contributed by atoms with E-state index in [-0.39, 0.29) is 16.2 Å². The Morgan fingerprint density at radius 3 is 1.82 bits per heavy atom. The molecule has 2 aliphatic rings. The fourth-order valence-corrected chi connectivity index (χ4v) is 7.96. The molecule has 0 amide bonds. The Morgan fingerprint density at radius 2 is 1.13 bits per heavy atom. The molecule has 0 atom stereocenters. The van der Waals surface area contributed by atoms with Crippen LogP contribution >= 0.6 is 0 Å². The summed E-state index contributed by atoms with van der Waals surface area (Å²) >= 11 is 0. The summed E-state index contributed by atoms with van der Waals surface area (Å²) in [7, 11) is 0. The molecule has 0 fully saturated rings. The maximum absolute atomic E-state index is 2.54. The Labute approximate surface area is 225 Å². The summed E-state index contributed by atoms with van der Waals surface area (Å²) in [6, 6.07) is 30.6. The molecule has 2 aliphatic carbocycles. The number of rotatable bonds is 0. The zero-order valence-electron chi connectivity index (χ0n) is 23.5. The molecule has 0 nitrogen and oxygen atoms in total. The summed E-state index contributed by atoms with van der Waals surface area (Å²) in [6.07, 6.45) is 0. The molecule has 38 heavy (non-hydrogen) atoms. The van der Waals surface area contributed by atoms with Crippen molar-refractivity contribution in [3.05, 3.63) is 107 Å². The quantitative estimate of drug-likeness (QED) is 0.186. The molecular weight excluding hydrogens is 456 g/mol. The van der Waals surface area contributed by atoms with Gasteiger partial charge in [-0.3, -0.25) is 0 Å². The van der Waals surface area contributed by atoms with E-state index in [9.17, 15) is 0 Å². The van der Waals surface area contributed by atoms with Crippen LogP contribution in [0.4, 0.5) is 0 Å². The van der Waals surface area contributed by atoms with Gasteiger partial charge in [-0.2, -0.15) is 0 Å². The Balaban J connectivity index is 1.71. The normalized spacial score (nSPS) is 16.7. The lowest BCUT2D eigenvalue weighted by Gasteiger charge is -2.39. The Bertz CT molecular complexity index is 1990. The predicted octanol–water partition coefficient (Wildman–Crippen LogP) is 10.5. The van der Waals surface area contributed by atoms with Crippen LogP contribution in [-0.2, 0) is 16.2 Å². The molecule has 6 aromatic carbocycles. The molecule has 8 rings (SSSR count). The van der Waals surface area contributed by atoms with Gasteiger partial charge in [0.05, 0.1) is 0 Å². The van der Waals surface area contributed by atoms with E-state index in [2.05, 4.69) is 127 Å². The van der Waals surface area contributed by atoms with Gasteiger partial charge in [-0.15, -0.1) is 0 Å². The minimum Gasteiger partial charge on any atom is -0.0619 e. The number of hydrogen-bond acceptors (Lipinski definition) is 0. The van der Waals surface area contributed by atoms with Gasteiger partial charge in [-0.1, -0.05) is 121 Å². The largest absolute Gasteiger partial charge is 0.0619 e. The van der Waals surface area contributed by atoms with Crippen molar-refractivity contribution in [1.82, 2.24) is 0 Å². The highest BCUT2D eigenvalue weighted by Crippen LogP contribution is 2.61. The second-order valence-corrected chi connectivity index (χ2v) is 13.8. The molecule has 0 bridgehead atoms.